The third-order valence-corrected chi connectivity index (χ3v) is 6.54. The van der Waals surface area contributed by atoms with E-state index in [0.29, 0.717) is 5.92 Å². The molecule has 0 aliphatic heterocycles. The minimum absolute atomic E-state index is 0.616. The summed E-state index contributed by atoms with van der Waals surface area (Å²) >= 11 is 1.70. The van der Waals surface area contributed by atoms with Crippen LogP contribution in [-0.2, 0) is 24.7 Å². The molecule has 0 bridgehead atoms. The van der Waals surface area contributed by atoms with E-state index in [1.165, 1.54) is 18.4 Å². The quantitative estimate of drug-likeness (QED) is 0.745. The van der Waals surface area contributed by atoms with Crippen LogP contribution in [0.3, 0.4) is 0 Å². The van der Waals surface area contributed by atoms with Gasteiger partial charge < -0.3 is 0 Å². The average molecular weight is 315 g/mol. The maximum absolute atomic E-state index is 2.41. The van der Waals surface area contributed by atoms with Gasteiger partial charge >= 0.3 is 126 Å². The van der Waals surface area contributed by atoms with Crippen molar-refractivity contribution in [3.63, 3.8) is 0 Å². The van der Waals surface area contributed by atoms with E-state index in [1.807, 2.05) is 0 Å². The second-order valence-corrected chi connectivity index (χ2v) is 7.01. The number of benzene rings is 1. The molecule has 0 N–H and O–H groups in total. The molecule has 91 valence electrons. The third-order valence-electron chi connectivity index (χ3n) is 4.56. The number of rotatable bonds is 2. The standard InChI is InChI=1S/C17H19.Zr/c1-2-13-11-15-9-6-10-16(17(15)12-13)14-7-4-3-5-8-14;/h3-11,13,16-17H,2,12H2,1H3;. The predicted molar refractivity (Wildman–Crippen MR) is 72.0 cm³/mol. The molecule has 1 heteroatoms. The zero-order valence-electron chi connectivity index (χ0n) is 10.8. The summed E-state index contributed by atoms with van der Waals surface area (Å²) in [6.07, 6.45) is 9.83. The third kappa shape index (κ3) is 2.12. The van der Waals surface area contributed by atoms with Crippen molar-refractivity contribution in [3.8, 4) is 0 Å². The van der Waals surface area contributed by atoms with Crippen LogP contribution in [0, 0.1) is 11.8 Å². The van der Waals surface area contributed by atoms with Crippen molar-refractivity contribution >= 4 is 0 Å². The van der Waals surface area contributed by atoms with Crippen molar-refractivity contribution in [2.24, 2.45) is 11.8 Å². The fourth-order valence-electron chi connectivity index (χ4n) is 3.52. The van der Waals surface area contributed by atoms with E-state index >= 15 is 0 Å². The zero-order valence-corrected chi connectivity index (χ0v) is 13.3. The molecule has 1 aromatic carbocycles. The molecule has 4 atom stereocenters. The Morgan fingerprint density at radius 2 is 2.00 bits per heavy atom. The monoisotopic (exact) mass is 313 g/mol. The summed E-state index contributed by atoms with van der Waals surface area (Å²) in [6.45, 7) is 2.35. The normalized spacial score (nSPS) is 34.1. The second kappa shape index (κ2) is 5.29. The van der Waals surface area contributed by atoms with Crippen molar-refractivity contribution in [3.05, 3.63) is 59.7 Å². The van der Waals surface area contributed by atoms with Crippen molar-refractivity contribution < 1.29 is 24.7 Å². The van der Waals surface area contributed by atoms with Crippen LogP contribution in [0.2, 0.25) is 3.63 Å². The SMILES string of the molecule is CCC1CC2C(=CC=CC2c2ccccc2)[CH]1[Zr]. The van der Waals surface area contributed by atoms with Crippen LogP contribution in [0.1, 0.15) is 31.2 Å². The van der Waals surface area contributed by atoms with Gasteiger partial charge in [-0.1, -0.05) is 0 Å². The molecule has 0 amide bonds. The Morgan fingerprint density at radius 3 is 2.72 bits per heavy atom. The van der Waals surface area contributed by atoms with Crippen LogP contribution in [0.4, 0.5) is 0 Å². The topological polar surface area (TPSA) is 0 Å². The number of hydrogen-bond donors (Lipinski definition) is 0. The van der Waals surface area contributed by atoms with Gasteiger partial charge in [-0.3, -0.25) is 0 Å². The molecular formula is C17H19Zr. The molecule has 0 aromatic heterocycles. The summed E-state index contributed by atoms with van der Waals surface area (Å²) in [4.78, 5) is 0. The van der Waals surface area contributed by atoms with Gasteiger partial charge in [0.2, 0.25) is 0 Å². The summed E-state index contributed by atoms with van der Waals surface area (Å²) in [5, 5.41) is 0. The maximum atomic E-state index is 2.41. The van der Waals surface area contributed by atoms with Gasteiger partial charge in [0.1, 0.15) is 0 Å². The first-order valence-corrected chi connectivity index (χ1v) is 8.37. The first-order chi connectivity index (χ1) is 8.81. The van der Waals surface area contributed by atoms with E-state index in [1.54, 1.807) is 30.3 Å². The molecule has 3 rings (SSSR count). The fourth-order valence-corrected chi connectivity index (χ4v) is 5.20. The van der Waals surface area contributed by atoms with Crippen LogP contribution in [-0.4, -0.2) is 0 Å². The molecule has 2 aliphatic rings. The zero-order chi connectivity index (χ0) is 12.5. The Bertz CT molecular complexity index is 472. The molecule has 0 nitrogen and oxygen atoms in total. The van der Waals surface area contributed by atoms with Crippen LogP contribution in [0.25, 0.3) is 0 Å². The van der Waals surface area contributed by atoms with Crippen molar-refractivity contribution in [1.29, 1.82) is 0 Å². The summed E-state index contributed by atoms with van der Waals surface area (Å²) in [5.74, 6) is 2.31. The molecule has 0 heterocycles. The molecule has 1 aromatic rings. The van der Waals surface area contributed by atoms with Gasteiger partial charge in [-0.05, 0) is 0 Å². The Hall–Kier alpha value is -0.417. The van der Waals surface area contributed by atoms with Gasteiger partial charge in [0.25, 0.3) is 0 Å². The average Bonchev–Trinajstić information content (AvgIpc) is 2.77. The van der Waals surface area contributed by atoms with Gasteiger partial charge in [0.15, 0.2) is 0 Å². The molecular weight excluding hydrogens is 295 g/mol. The summed E-state index contributed by atoms with van der Waals surface area (Å²) < 4.78 is 0.864. The molecule has 1 fully saturated rings. The summed E-state index contributed by atoms with van der Waals surface area (Å²) in [6, 6.07) is 11.0. The minimum atomic E-state index is 0.616. The number of hydrogen-bond acceptors (Lipinski definition) is 0. The van der Waals surface area contributed by atoms with E-state index in [9.17, 15) is 0 Å². The van der Waals surface area contributed by atoms with Gasteiger partial charge in [-0.15, -0.1) is 0 Å². The van der Waals surface area contributed by atoms with Crippen LogP contribution in [0.5, 0.6) is 0 Å². The van der Waals surface area contributed by atoms with E-state index in [4.69, 9.17) is 0 Å². The van der Waals surface area contributed by atoms with Gasteiger partial charge in [0, 0.05) is 0 Å². The van der Waals surface area contributed by atoms with E-state index < -0.39 is 0 Å². The Morgan fingerprint density at radius 1 is 1.22 bits per heavy atom. The molecule has 0 spiro atoms. The first kappa shape index (κ1) is 12.6. The first-order valence-electron chi connectivity index (χ1n) is 6.95. The van der Waals surface area contributed by atoms with E-state index in [0.717, 1.165) is 15.5 Å². The molecule has 18 heavy (non-hydrogen) atoms. The Labute approximate surface area is 125 Å². The van der Waals surface area contributed by atoms with Crippen molar-refractivity contribution in [1.82, 2.24) is 0 Å². The molecule has 4 unspecified atom stereocenters. The summed E-state index contributed by atoms with van der Waals surface area (Å²) in [7, 11) is 0. The van der Waals surface area contributed by atoms with Crippen LogP contribution in [0.15, 0.2) is 54.1 Å². The van der Waals surface area contributed by atoms with Crippen molar-refractivity contribution in [2.45, 2.75) is 29.3 Å². The van der Waals surface area contributed by atoms with E-state index in [-0.39, 0.29) is 0 Å². The molecule has 0 saturated heterocycles. The molecule has 2 aliphatic carbocycles. The number of allylic oxidation sites excluding steroid dienone is 4. The van der Waals surface area contributed by atoms with Gasteiger partial charge in [0.05, 0.1) is 0 Å². The van der Waals surface area contributed by atoms with Crippen LogP contribution >= 0.6 is 0 Å². The van der Waals surface area contributed by atoms with E-state index in [2.05, 4.69) is 55.5 Å². The second-order valence-electron chi connectivity index (χ2n) is 5.48. The fraction of sp³-hybridized carbons (Fsp3) is 0.412. The Kier molecular flexibility index (Phi) is 3.71. The predicted octanol–water partition coefficient (Wildman–Crippen LogP) is 4.65. The molecule has 1 saturated carbocycles. The van der Waals surface area contributed by atoms with Gasteiger partial charge in [-0.2, -0.15) is 0 Å². The summed E-state index contributed by atoms with van der Waals surface area (Å²) in [5.41, 5.74) is 3.22. The van der Waals surface area contributed by atoms with Crippen molar-refractivity contribution in [2.75, 3.05) is 0 Å². The van der Waals surface area contributed by atoms with Crippen LogP contribution < -0.4 is 0 Å². The molecule has 0 radical (unpaired) electrons. The van der Waals surface area contributed by atoms with Gasteiger partial charge in [-0.25, -0.2) is 0 Å². The Balaban J connectivity index is 1.92. The number of fused-ring (bicyclic) bond motifs is 1.